The van der Waals surface area contributed by atoms with Crippen molar-refractivity contribution in [2.45, 2.75) is 13.8 Å². The van der Waals surface area contributed by atoms with Gasteiger partial charge in [0.1, 0.15) is 0 Å². The predicted molar refractivity (Wildman–Crippen MR) is 74.7 cm³/mol. The van der Waals surface area contributed by atoms with Crippen LogP contribution >= 0.6 is 0 Å². The highest BCUT2D eigenvalue weighted by Crippen LogP contribution is 2.13. The van der Waals surface area contributed by atoms with Gasteiger partial charge < -0.3 is 0 Å². The first-order valence-corrected chi connectivity index (χ1v) is 5.24. The smallest absolute Gasteiger partial charge is 0.0697 e. The summed E-state index contributed by atoms with van der Waals surface area (Å²) < 4.78 is 0. The normalized spacial score (nSPS) is 14.1. The van der Waals surface area contributed by atoms with Crippen molar-refractivity contribution in [3.05, 3.63) is 73.0 Å². The molecule has 0 heterocycles. The second kappa shape index (κ2) is 9.66. The molecule has 0 radical (unpaired) electrons. The molecule has 0 unspecified atom stereocenters. The van der Waals surface area contributed by atoms with Crippen LogP contribution in [-0.2, 0) is 0 Å². The largest absolute Gasteiger partial charge is 0.261 e. The summed E-state index contributed by atoms with van der Waals surface area (Å²) in [6.07, 6.45) is 16.9. The average molecular weight is 213 g/mol. The Balaban J connectivity index is 5.25. The van der Waals surface area contributed by atoms with Crippen LogP contribution in [0.15, 0.2) is 78.0 Å². The van der Waals surface area contributed by atoms with Crippen LogP contribution < -0.4 is 0 Å². The molecule has 0 aliphatic rings. The van der Waals surface area contributed by atoms with Crippen molar-refractivity contribution in [3.63, 3.8) is 0 Å². The Hall–Kier alpha value is -1.89. The van der Waals surface area contributed by atoms with E-state index in [0.717, 1.165) is 11.3 Å². The number of hydrogen-bond donors (Lipinski definition) is 0. The SMILES string of the molecule is C=C\C=C/C(=C\C=C)C(=C/C=C\C)/N=C\C. The molecule has 0 N–H and O–H groups in total. The topological polar surface area (TPSA) is 12.4 Å². The fraction of sp³-hybridized carbons (Fsp3) is 0.133. The van der Waals surface area contributed by atoms with Crippen molar-refractivity contribution >= 4 is 6.21 Å². The van der Waals surface area contributed by atoms with E-state index in [1.165, 1.54) is 0 Å². The number of rotatable bonds is 6. The third-order valence-corrected chi connectivity index (χ3v) is 1.72. The van der Waals surface area contributed by atoms with Crippen LogP contribution in [0, 0.1) is 0 Å². The zero-order chi connectivity index (χ0) is 12.2. The highest BCUT2D eigenvalue weighted by atomic mass is 14.7. The van der Waals surface area contributed by atoms with Crippen LogP contribution in [0.2, 0.25) is 0 Å². The molecular weight excluding hydrogens is 194 g/mol. The van der Waals surface area contributed by atoms with Gasteiger partial charge in [0.2, 0.25) is 0 Å². The Morgan fingerprint density at radius 2 is 1.75 bits per heavy atom. The van der Waals surface area contributed by atoms with Crippen molar-refractivity contribution in [1.29, 1.82) is 0 Å². The van der Waals surface area contributed by atoms with Crippen molar-refractivity contribution in [2.24, 2.45) is 4.99 Å². The Labute approximate surface area is 98.6 Å². The van der Waals surface area contributed by atoms with E-state index in [9.17, 15) is 0 Å². The summed E-state index contributed by atoms with van der Waals surface area (Å²) >= 11 is 0. The van der Waals surface area contributed by atoms with E-state index in [-0.39, 0.29) is 0 Å². The lowest BCUT2D eigenvalue weighted by Crippen LogP contribution is -1.83. The van der Waals surface area contributed by atoms with Crippen molar-refractivity contribution in [3.8, 4) is 0 Å². The van der Waals surface area contributed by atoms with Crippen LogP contribution in [0.5, 0.6) is 0 Å². The van der Waals surface area contributed by atoms with Gasteiger partial charge in [-0.1, -0.05) is 55.7 Å². The predicted octanol–water partition coefficient (Wildman–Crippen LogP) is 4.39. The van der Waals surface area contributed by atoms with E-state index in [0.29, 0.717) is 0 Å². The van der Waals surface area contributed by atoms with Crippen molar-refractivity contribution in [2.75, 3.05) is 0 Å². The van der Waals surface area contributed by atoms with Gasteiger partial charge in [-0.2, -0.15) is 0 Å². The molecule has 0 rings (SSSR count). The molecule has 0 saturated heterocycles. The van der Waals surface area contributed by atoms with E-state index in [4.69, 9.17) is 0 Å². The Kier molecular flexibility index (Phi) is 8.52. The third-order valence-electron chi connectivity index (χ3n) is 1.72. The van der Waals surface area contributed by atoms with Gasteiger partial charge >= 0.3 is 0 Å². The molecule has 0 aromatic carbocycles. The van der Waals surface area contributed by atoms with Gasteiger partial charge in [-0.15, -0.1) is 0 Å². The minimum Gasteiger partial charge on any atom is -0.261 e. The van der Waals surface area contributed by atoms with E-state index in [1.807, 2.05) is 50.3 Å². The number of nitrogens with zero attached hydrogens (tertiary/aromatic N) is 1. The second-order valence-corrected chi connectivity index (χ2v) is 2.92. The van der Waals surface area contributed by atoms with Crippen LogP contribution in [-0.4, -0.2) is 6.21 Å². The molecule has 0 aliphatic heterocycles. The van der Waals surface area contributed by atoms with Crippen molar-refractivity contribution in [1.82, 2.24) is 0 Å². The monoisotopic (exact) mass is 213 g/mol. The van der Waals surface area contributed by atoms with E-state index < -0.39 is 0 Å². The quantitative estimate of drug-likeness (QED) is 0.458. The maximum atomic E-state index is 4.32. The molecule has 0 aliphatic carbocycles. The van der Waals surface area contributed by atoms with Crippen LogP contribution in [0.4, 0.5) is 0 Å². The van der Waals surface area contributed by atoms with Gasteiger partial charge in [0.15, 0.2) is 0 Å². The maximum absolute atomic E-state index is 4.32. The standard InChI is InChI=1S/C15H19N/c1-5-9-12-14(11-7-3)15(16-8-4)13-10-6-2/h5-13H,1,3H2,2,4H3/b10-6-,12-9-,14-11+,15-13-,16-8-. The fourth-order valence-corrected chi connectivity index (χ4v) is 1.07. The summed E-state index contributed by atoms with van der Waals surface area (Å²) in [5.41, 5.74) is 1.91. The lowest BCUT2D eigenvalue weighted by atomic mass is 10.1. The fourth-order valence-electron chi connectivity index (χ4n) is 1.07. The Bertz CT molecular complexity index is 363. The lowest BCUT2D eigenvalue weighted by molar-refractivity contribution is 1.35. The number of aliphatic imine (C=N–C) groups is 1. The van der Waals surface area contributed by atoms with E-state index in [1.54, 1.807) is 18.4 Å². The molecule has 0 amide bonds. The molecular formula is C15H19N. The van der Waals surface area contributed by atoms with Gasteiger partial charge in [-0.3, -0.25) is 4.99 Å². The summed E-state index contributed by atoms with van der Waals surface area (Å²) in [5, 5.41) is 0. The molecule has 84 valence electrons. The first-order chi connectivity index (χ1) is 7.79. The Morgan fingerprint density at radius 1 is 1.00 bits per heavy atom. The van der Waals surface area contributed by atoms with Crippen LogP contribution in [0.1, 0.15) is 13.8 Å². The first-order valence-electron chi connectivity index (χ1n) is 5.24. The van der Waals surface area contributed by atoms with Gasteiger partial charge in [-0.25, -0.2) is 0 Å². The maximum Gasteiger partial charge on any atom is 0.0697 e. The molecule has 0 aromatic heterocycles. The number of allylic oxidation sites excluding steroid dienone is 8. The number of hydrogen-bond acceptors (Lipinski definition) is 1. The first kappa shape index (κ1) is 14.1. The van der Waals surface area contributed by atoms with Crippen LogP contribution in [0.3, 0.4) is 0 Å². The summed E-state index contributed by atoms with van der Waals surface area (Å²) in [4.78, 5) is 4.32. The van der Waals surface area contributed by atoms with Gasteiger partial charge in [0.25, 0.3) is 0 Å². The molecule has 0 spiro atoms. The van der Waals surface area contributed by atoms with Gasteiger partial charge in [0.05, 0.1) is 5.70 Å². The zero-order valence-corrected chi connectivity index (χ0v) is 10.1. The summed E-state index contributed by atoms with van der Waals surface area (Å²) in [7, 11) is 0. The van der Waals surface area contributed by atoms with E-state index >= 15 is 0 Å². The molecule has 1 nitrogen and oxygen atoms in total. The zero-order valence-electron chi connectivity index (χ0n) is 10.1. The molecule has 0 fully saturated rings. The van der Waals surface area contributed by atoms with Gasteiger partial charge in [0, 0.05) is 11.8 Å². The summed E-state index contributed by atoms with van der Waals surface area (Å²) in [5.74, 6) is 0. The molecule has 16 heavy (non-hydrogen) atoms. The lowest BCUT2D eigenvalue weighted by Gasteiger charge is -2.00. The molecule has 1 heteroatoms. The molecule has 0 aromatic rings. The minimum atomic E-state index is 0.901. The molecule has 0 bridgehead atoms. The highest BCUT2D eigenvalue weighted by Gasteiger charge is 1.96. The second-order valence-electron chi connectivity index (χ2n) is 2.92. The third kappa shape index (κ3) is 5.76. The average Bonchev–Trinajstić information content (AvgIpc) is 2.30. The summed E-state index contributed by atoms with van der Waals surface area (Å²) in [6.45, 7) is 11.2. The molecule has 0 atom stereocenters. The van der Waals surface area contributed by atoms with Crippen molar-refractivity contribution < 1.29 is 0 Å². The minimum absolute atomic E-state index is 0.901. The highest BCUT2D eigenvalue weighted by molar-refractivity contribution is 5.59. The van der Waals surface area contributed by atoms with Crippen LogP contribution in [0.25, 0.3) is 0 Å². The molecule has 0 saturated carbocycles. The van der Waals surface area contributed by atoms with Gasteiger partial charge in [-0.05, 0) is 19.9 Å². The Morgan fingerprint density at radius 3 is 2.25 bits per heavy atom. The van der Waals surface area contributed by atoms with E-state index in [2.05, 4.69) is 18.2 Å². The summed E-state index contributed by atoms with van der Waals surface area (Å²) in [6, 6.07) is 0.